The second-order valence-corrected chi connectivity index (χ2v) is 6.51. The molecule has 0 radical (unpaired) electrons. The van der Waals surface area contributed by atoms with Gasteiger partial charge in [0.05, 0.1) is 0 Å². The largest absolute Gasteiger partial charge is 0.508 e. The lowest BCUT2D eigenvalue weighted by Gasteiger charge is -2.36. The molecule has 3 rings (SSSR count). The minimum Gasteiger partial charge on any atom is -0.508 e. The van der Waals surface area contributed by atoms with Crippen LogP contribution in [0.1, 0.15) is 50.3 Å². The minimum absolute atomic E-state index is 0.438. The van der Waals surface area contributed by atoms with Gasteiger partial charge in [-0.15, -0.1) is 0 Å². The summed E-state index contributed by atoms with van der Waals surface area (Å²) in [6.07, 6.45) is 4.60. The van der Waals surface area contributed by atoms with Crippen molar-refractivity contribution in [3.05, 3.63) is 29.3 Å². The molecule has 1 unspecified atom stereocenters. The molecule has 1 atom stereocenters. The molecule has 20 heavy (non-hydrogen) atoms. The molecule has 1 aromatic carbocycles. The van der Waals surface area contributed by atoms with Crippen LogP contribution >= 0.6 is 0 Å². The van der Waals surface area contributed by atoms with Crippen LogP contribution in [0.3, 0.4) is 0 Å². The van der Waals surface area contributed by atoms with Crippen LogP contribution in [0.5, 0.6) is 5.75 Å². The summed E-state index contributed by atoms with van der Waals surface area (Å²) >= 11 is 0. The molecule has 0 spiro atoms. The number of hydrogen-bond acceptors (Lipinski definition) is 3. The van der Waals surface area contributed by atoms with Gasteiger partial charge in [-0.1, -0.05) is 12.1 Å². The van der Waals surface area contributed by atoms with Crippen LogP contribution in [0.2, 0.25) is 0 Å². The van der Waals surface area contributed by atoms with Gasteiger partial charge in [0.15, 0.2) is 0 Å². The fourth-order valence-electron chi connectivity index (χ4n) is 3.68. The molecule has 2 N–H and O–H groups in total. The highest BCUT2D eigenvalue weighted by atomic mass is 16.3. The first-order chi connectivity index (χ1) is 9.65. The van der Waals surface area contributed by atoms with Crippen molar-refractivity contribution in [2.75, 3.05) is 13.1 Å². The average molecular weight is 274 g/mol. The van der Waals surface area contributed by atoms with E-state index in [-0.39, 0.29) is 0 Å². The molecule has 1 fully saturated rings. The Morgan fingerprint density at radius 1 is 1.20 bits per heavy atom. The van der Waals surface area contributed by atoms with Gasteiger partial charge in [-0.2, -0.15) is 0 Å². The fraction of sp³-hybridized carbons (Fsp3) is 0.647. The van der Waals surface area contributed by atoms with E-state index in [1.165, 1.54) is 31.5 Å². The van der Waals surface area contributed by atoms with E-state index in [1.807, 2.05) is 12.1 Å². The number of phenols is 1. The number of aromatic hydroxyl groups is 1. The Balaban J connectivity index is 1.60. The van der Waals surface area contributed by atoms with E-state index in [1.54, 1.807) is 0 Å². The SMILES string of the molecule is CC(C)N1CCC(NC2CCc3c(O)cccc32)CC1. The first kappa shape index (κ1) is 13.9. The van der Waals surface area contributed by atoms with Crippen molar-refractivity contribution < 1.29 is 5.11 Å². The highest BCUT2D eigenvalue weighted by Gasteiger charge is 2.28. The molecule has 1 aromatic rings. The molecule has 1 aliphatic carbocycles. The van der Waals surface area contributed by atoms with E-state index < -0.39 is 0 Å². The number of piperidine rings is 1. The molecule has 110 valence electrons. The number of fused-ring (bicyclic) bond motifs is 1. The third-order valence-electron chi connectivity index (χ3n) is 4.94. The predicted octanol–water partition coefficient (Wildman–Crippen LogP) is 2.84. The van der Waals surface area contributed by atoms with E-state index in [9.17, 15) is 5.11 Å². The van der Waals surface area contributed by atoms with Gasteiger partial charge >= 0.3 is 0 Å². The minimum atomic E-state index is 0.438. The van der Waals surface area contributed by atoms with Gasteiger partial charge in [-0.3, -0.25) is 0 Å². The maximum Gasteiger partial charge on any atom is 0.119 e. The lowest BCUT2D eigenvalue weighted by molar-refractivity contribution is 0.156. The van der Waals surface area contributed by atoms with E-state index >= 15 is 0 Å². The second kappa shape index (κ2) is 5.74. The maximum atomic E-state index is 9.92. The topological polar surface area (TPSA) is 35.5 Å². The fourth-order valence-corrected chi connectivity index (χ4v) is 3.68. The van der Waals surface area contributed by atoms with E-state index in [4.69, 9.17) is 0 Å². The molecule has 0 aromatic heterocycles. The van der Waals surface area contributed by atoms with Crippen LogP contribution < -0.4 is 5.32 Å². The van der Waals surface area contributed by atoms with Crippen LogP contribution in [-0.2, 0) is 6.42 Å². The Morgan fingerprint density at radius 2 is 1.95 bits per heavy atom. The number of likely N-dealkylation sites (tertiary alicyclic amines) is 1. The smallest absolute Gasteiger partial charge is 0.119 e. The number of nitrogens with one attached hydrogen (secondary N) is 1. The zero-order valence-corrected chi connectivity index (χ0v) is 12.6. The second-order valence-electron chi connectivity index (χ2n) is 6.51. The van der Waals surface area contributed by atoms with Crippen molar-refractivity contribution in [2.24, 2.45) is 0 Å². The molecular formula is C17H26N2O. The van der Waals surface area contributed by atoms with Gasteiger partial charge in [0, 0.05) is 18.1 Å². The molecule has 1 saturated heterocycles. The van der Waals surface area contributed by atoms with E-state index in [0.29, 0.717) is 23.9 Å². The first-order valence-electron chi connectivity index (χ1n) is 7.96. The monoisotopic (exact) mass is 274 g/mol. The van der Waals surface area contributed by atoms with Gasteiger partial charge in [0.2, 0.25) is 0 Å². The summed E-state index contributed by atoms with van der Waals surface area (Å²) in [5, 5.41) is 13.7. The van der Waals surface area contributed by atoms with Crippen LogP contribution in [0, 0.1) is 0 Å². The molecule has 0 amide bonds. The lowest BCUT2D eigenvalue weighted by Crippen LogP contribution is -2.45. The summed E-state index contributed by atoms with van der Waals surface area (Å²) in [6.45, 7) is 6.97. The zero-order valence-electron chi connectivity index (χ0n) is 12.6. The summed E-state index contributed by atoms with van der Waals surface area (Å²) in [7, 11) is 0. The maximum absolute atomic E-state index is 9.92. The van der Waals surface area contributed by atoms with Crippen molar-refractivity contribution in [2.45, 2.75) is 57.7 Å². The Bertz CT molecular complexity index is 464. The van der Waals surface area contributed by atoms with Crippen LogP contribution in [-0.4, -0.2) is 35.2 Å². The summed E-state index contributed by atoms with van der Waals surface area (Å²) in [6, 6.07) is 7.68. The molecular weight excluding hydrogens is 248 g/mol. The van der Waals surface area contributed by atoms with Gasteiger partial charge in [0.1, 0.15) is 5.75 Å². The highest BCUT2D eigenvalue weighted by molar-refractivity contribution is 5.44. The van der Waals surface area contributed by atoms with Gasteiger partial charge in [-0.05, 0) is 69.8 Å². The Morgan fingerprint density at radius 3 is 2.65 bits per heavy atom. The van der Waals surface area contributed by atoms with Crippen molar-refractivity contribution >= 4 is 0 Å². The number of benzene rings is 1. The summed E-state index contributed by atoms with van der Waals surface area (Å²) in [4.78, 5) is 2.56. The zero-order chi connectivity index (χ0) is 14.1. The molecule has 3 heteroatoms. The third-order valence-corrected chi connectivity index (χ3v) is 4.94. The van der Waals surface area contributed by atoms with Crippen molar-refractivity contribution in [1.29, 1.82) is 0 Å². The molecule has 2 aliphatic rings. The van der Waals surface area contributed by atoms with Crippen molar-refractivity contribution in [1.82, 2.24) is 10.2 Å². The standard InChI is InChI=1S/C17H26N2O/c1-12(2)19-10-8-13(9-11-19)18-16-7-6-15-14(16)4-3-5-17(15)20/h3-5,12-13,16,18,20H,6-11H2,1-2H3. The molecule has 1 aliphatic heterocycles. The number of nitrogens with zero attached hydrogens (tertiary/aromatic N) is 1. The summed E-state index contributed by atoms with van der Waals surface area (Å²) < 4.78 is 0. The van der Waals surface area contributed by atoms with Gasteiger partial charge in [0.25, 0.3) is 0 Å². The number of hydrogen-bond donors (Lipinski definition) is 2. The molecule has 1 heterocycles. The van der Waals surface area contributed by atoms with Crippen LogP contribution in [0.25, 0.3) is 0 Å². The molecule has 0 bridgehead atoms. The van der Waals surface area contributed by atoms with Crippen LogP contribution in [0.15, 0.2) is 18.2 Å². The Hall–Kier alpha value is -1.06. The lowest BCUT2D eigenvalue weighted by atomic mass is 10.0. The average Bonchev–Trinajstić information content (AvgIpc) is 2.84. The van der Waals surface area contributed by atoms with Gasteiger partial charge < -0.3 is 15.3 Å². The first-order valence-corrected chi connectivity index (χ1v) is 7.96. The molecule has 3 nitrogen and oxygen atoms in total. The van der Waals surface area contributed by atoms with Gasteiger partial charge in [-0.25, -0.2) is 0 Å². The highest BCUT2D eigenvalue weighted by Crippen LogP contribution is 2.36. The Kier molecular flexibility index (Phi) is 3.99. The normalized spacial score (nSPS) is 24.2. The van der Waals surface area contributed by atoms with Crippen molar-refractivity contribution in [3.63, 3.8) is 0 Å². The quantitative estimate of drug-likeness (QED) is 0.889. The Labute approximate surface area is 122 Å². The third kappa shape index (κ3) is 2.70. The summed E-state index contributed by atoms with van der Waals surface area (Å²) in [5.41, 5.74) is 2.47. The van der Waals surface area contributed by atoms with Crippen LogP contribution in [0.4, 0.5) is 0 Å². The number of phenolic OH excluding ortho intramolecular Hbond substituents is 1. The predicted molar refractivity (Wildman–Crippen MR) is 82.0 cm³/mol. The summed E-state index contributed by atoms with van der Waals surface area (Å²) in [5.74, 6) is 0.474. The molecule has 0 saturated carbocycles. The van der Waals surface area contributed by atoms with E-state index in [2.05, 4.69) is 30.1 Å². The number of rotatable bonds is 3. The van der Waals surface area contributed by atoms with E-state index in [0.717, 1.165) is 18.4 Å². The van der Waals surface area contributed by atoms with Crippen molar-refractivity contribution in [3.8, 4) is 5.75 Å².